The van der Waals surface area contributed by atoms with E-state index >= 15 is 0 Å². The number of aliphatic hydroxyl groups is 1. The van der Waals surface area contributed by atoms with Crippen molar-refractivity contribution in [3.63, 3.8) is 0 Å². The highest BCUT2D eigenvalue weighted by Gasteiger charge is 2.31. The maximum atomic E-state index is 13.2. The Morgan fingerprint density at radius 1 is 1.00 bits per heavy atom. The van der Waals surface area contributed by atoms with Crippen LogP contribution in [0.1, 0.15) is 38.2 Å². The molecule has 5 unspecified atom stereocenters. The van der Waals surface area contributed by atoms with Crippen LogP contribution in [0.4, 0.5) is 0 Å². The lowest BCUT2D eigenvalue weighted by Gasteiger charge is -2.26. The molecule has 0 aliphatic heterocycles. The molecule has 0 bridgehead atoms. The predicted molar refractivity (Wildman–Crippen MR) is 151 cm³/mol. The van der Waals surface area contributed by atoms with Crippen molar-refractivity contribution in [1.82, 2.24) is 20.9 Å². The van der Waals surface area contributed by atoms with Crippen LogP contribution in [0.5, 0.6) is 0 Å². The lowest BCUT2D eigenvalue weighted by molar-refractivity contribution is -0.145. The fraction of sp³-hybridized carbons (Fsp3) is 0.538. The Labute approximate surface area is 232 Å². The number of aromatic amines is 1. The summed E-state index contributed by atoms with van der Waals surface area (Å²) in [5, 5.41) is 27.6. The van der Waals surface area contributed by atoms with E-state index < -0.39 is 54.0 Å². The number of carbonyl (C=O) groups is 4. The number of aromatic nitrogens is 1. The smallest absolute Gasteiger partial charge is 0.328 e. The molecular weight excluding hydrogens is 524 g/mol. The normalized spacial score (nSPS) is 15.1. The SMILES string of the molecule is CSCCC(NC(=O)C(N)Cc1c[nH]c2ccccc12)C(=O)NC(CCCCN)C(=O)NC(C(=O)O)C(C)O. The van der Waals surface area contributed by atoms with Crippen molar-refractivity contribution in [3.05, 3.63) is 36.0 Å². The van der Waals surface area contributed by atoms with E-state index in [0.717, 1.165) is 16.5 Å². The van der Waals surface area contributed by atoms with Crippen LogP contribution in [0.2, 0.25) is 0 Å². The molecule has 0 fully saturated rings. The number of amides is 3. The number of hydrogen-bond donors (Lipinski definition) is 8. The third kappa shape index (κ3) is 9.84. The van der Waals surface area contributed by atoms with Crippen molar-refractivity contribution in [3.8, 4) is 0 Å². The number of nitrogens with two attached hydrogens (primary N) is 2. The number of carboxylic acids is 1. The Balaban J connectivity index is 2.12. The molecule has 0 saturated carbocycles. The number of H-pyrrole nitrogens is 1. The van der Waals surface area contributed by atoms with Gasteiger partial charge in [-0.25, -0.2) is 4.79 Å². The molecule has 3 amide bonds. The predicted octanol–water partition coefficient (Wildman–Crippen LogP) is -0.160. The number of aliphatic hydroxyl groups excluding tert-OH is 1. The summed E-state index contributed by atoms with van der Waals surface area (Å²) < 4.78 is 0. The molecule has 2 rings (SSSR count). The van der Waals surface area contributed by atoms with Crippen molar-refractivity contribution in [2.75, 3.05) is 18.6 Å². The standard InChI is InChI=1S/C26H40N6O6S/c1-15(33)22(26(37)38)32-25(36)20(9-5-6-11-27)31-24(35)21(10-12-39-2)30-23(34)18(28)13-16-14-29-19-8-4-3-7-17(16)19/h3-4,7-8,14-15,18,20-22,29,33H,5-6,9-13,27-28H2,1-2H3,(H,30,34)(H,31,35)(H,32,36)(H,37,38). The van der Waals surface area contributed by atoms with E-state index in [0.29, 0.717) is 31.6 Å². The number of fused-ring (bicyclic) bond motifs is 1. The summed E-state index contributed by atoms with van der Waals surface area (Å²) >= 11 is 1.49. The summed E-state index contributed by atoms with van der Waals surface area (Å²) in [6, 6.07) is 3.15. The van der Waals surface area contributed by atoms with Gasteiger partial charge in [-0.2, -0.15) is 11.8 Å². The summed E-state index contributed by atoms with van der Waals surface area (Å²) in [7, 11) is 0. The highest BCUT2D eigenvalue weighted by Crippen LogP contribution is 2.19. The van der Waals surface area contributed by atoms with E-state index in [1.54, 1.807) is 6.20 Å². The highest BCUT2D eigenvalue weighted by molar-refractivity contribution is 7.98. The lowest BCUT2D eigenvalue weighted by Crippen LogP contribution is -2.58. The van der Waals surface area contributed by atoms with Crippen LogP contribution >= 0.6 is 11.8 Å². The second-order valence-electron chi connectivity index (χ2n) is 9.42. The highest BCUT2D eigenvalue weighted by atomic mass is 32.2. The lowest BCUT2D eigenvalue weighted by atomic mass is 10.0. The van der Waals surface area contributed by atoms with Gasteiger partial charge in [-0.05, 0) is 69.2 Å². The summed E-state index contributed by atoms with van der Waals surface area (Å²) in [5.74, 6) is -2.69. The number of benzene rings is 1. The third-order valence-electron chi connectivity index (χ3n) is 6.32. The van der Waals surface area contributed by atoms with Crippen LogP contribution in [0.25, 0.3) is 10.9 Å². The maximum Gasteiger partial charge on any atom is 0.328 e. The van der Waals surface area contributed by atoms with E-state index in [-0.39, 0.29) is 12.8 Å². The number of rotatable bonds is 17. The number of thioether (sulfide) groups is 1. The first kappa shape index (κ1) is 32.1. The molecule has 5 atom stereocenters. The second kappa shape index (κ2) is 16.1. The van der Waals surface area contributed by atoms with Crippen LogP contribution in [-0.2, 0) is 25.6 Å². The Hall–Kier alpha value is -3.13. The van der Waals surface area contributed by atoms with Gasteiger partial charge in [0.2, 0.25) is 17.7 Å². The topological polar surface area (TPSA) is 213 Å². The van der Waals surface area contributed by atoms with Gasteiger partial charge in [-0.15, -0.1) is 0 Å². The van der Waals surface area contributed by atoms with Crippen molar-refractivity contribution in [2.24, 2.45) is 11.5 Å². The van der Waals surface area contributed by atoms with E-state index in [2.05, 4.69) is 20.9 Å². The minimum Gasteiger partial charge on any atom is -0.480 e. The van der Waals surface area contributed by atoms with E-state index in [1.165, 1.54) is 18.7 Å². The van der Waals surface area contributed by atoms with Crippen molar-refractivity contribution in [1.29, 1.82) is 0 Å². The van der Waals surface area contributed by atoms with Crippen LogP contribution in [0.15, 0.2) is 30.5 Å². The molecule has 0 aliphatic carbocycles. The quantitative estimate of drug-likeness (QED) is 0.120. The summed E-state index contributed by atoms with van der Waals surface area (Å²) in [6.45, 7) is 1.63. The minimum atomic E-state index is -1.54. The average Bonchev–Trinajstić information content (AvgIpc) is 3.30. The second-order valence-corrected chi connectivity index (χ2v) is 10.4. The zero-order valence-electron chi connectivity index (χ0n) is 22.3. The molecule has 1 heterocycles. The van der Waals surface area contributed by atoms with Gasteiger partial charge in [0.15, 0.2) is 6.04 Å². The minimum absolute atomic E-state index is 0.199. The number of carbonyl (C=O) groups excluding carboxylic acids is 3. The first-order chi connectivity index (χ1) is 18.6. The first-order valence-electron chi connectivity index (χ1n) is 12.9. The molecule has 1 aromatic heterocycles. The summed E-state index contributed by atoms with van der Waals surface area (Å²) in [6.07, 6.45) is 4.16. The molecule has 0 saturated heterocycles. The molecule has 0 aliphatic rings. The van der Waals surface area contributed by atoms with Crippen molar-refractivity contribution in [2.45, 2.75) is 69.3 Å². The molecule has 216 valence electrons. The Bertz CT molecular complexity index is 1110. The largest absolute Gasteiger partial charge is 0.480 e. The van der Waals surface area contributed by atoms with Crippen molar-refractivity contribution >= 4 is 46.4 Å². The van der Waals surface area contributed by atoms with Gasteiger partial charge >= 0.3 is 5.97 Å². The molecule has 12 nitrogen and oxygen atoms in total. The van der Waals surface area contributed by atoms with Gasteiger partial charge in [0.25, 0.3) is 0 Å². The molecule has 10 N–H and O–H groups in total. The molecular formula is C26H40N6O6S. The monoisotopic (exact) mass is 564 g/mol. The number of unbranched alkanes of at least 4 members (excludes halogenated alkanes) is 1. The van der Waals surface area contributed by atoms with Crippen LogP contribution in [-0.4, -0.2) is 87.7 Å². The Morgan fingerprint density at radius 3 is 2.28 bits per heavy atom. The number of carboxylic acid groups (broad SMARTS) is 1. The van der Waals surface area contributed by atoms with Crippen LogP contribution in [0.3, 0.4) is 0 Å². The van der Waals surface area contributed by atoms with Gasteiger partial charge in [0.05, 0.1) is 12.1 Å². The maximum absolute atomic E-state index is 13.2. The third-order valence-corrected chi connectivity index (χ3v) is 6.97. The van der Waals surface area contributed by atoms with Gasteiger partial charge < -0.3 is 42.6 Å². The Morgan fingerprint density at radius 2 is 1.64 bits per heavy atom. The van der Waals surface area contributed by atoms with Crippen molar-refractivity contribution < 1.29 is 29.4 Å². The molecule has 39 heavy (non-hydrogen) atoms. The average molecular weight is 565 g/mol. The number of nitrogens with one attached hydrogen (secondary N) is 4. The summed E-state index contributed by atoms with van der Waals surface area (Å²) in [5.41, 5.74) is 13.6. The molecule has 1 aromatic carbocycles. The number of para-hydroxylation sites is 1. The molecule has 0 radical (unpaired) electrons. The molecule has 0 spiro atoms. The fourth-order valence-corrected chi connectivity index (χ4v) is 4.56. The fourth-order valence-electron chi connectivity index (χ4n) is 4.09. The molecule has 2 aromatic rings. The van der Waals surface area contributed by atoms with Gasteiger partial charge in [0, 0.05) is 17.1 Å². The van der Waals surface area contributed by atoms with E-state index in [4.69, 9.17) is 11.5 Å². The van der Waals surface area contributed by atoms with Gasteiger partial charge in [-0.1, -0.05) is 18.2 Å². The zero-order chi connectivity index (χ0) is 28.9. The van der Waals surface area contributed by atoms with Gasteiger partial charge in [-0.3, -0.25) is 14.4 Å². The number of hydrogen-bond acceptors (Lipinski definition) is 8. The summed E-state index contributed by atoms with van der Waals surface area (Å²) in [4.78, 5) is 53.7. The zero-order valence-corrected chi connectivity index (χ0v) is 23.1. The van der Waals surface area contributed by atoms with Crippen LogP contribution < -0.4 is 27.4 Å². The van der Waals surface area contributed by atoms with Crippen LogP contribution in [0, 0.1) is 0 Å². The Kier molecular flexibility index (Phi) is 13.2. The number of aliphatic carboxylic acids is 1. The van der Waals surface area contributed by atoms with Gasteiger partial charge in [0.1, 0.15) is 12.1 Å². The molecule has 13 heteroatoms. The van der Waals surface area contributed by atoms with E-state index in [1.807, 2.05) is 30.5 Å². The van der Waals surface area contributed by atoms with E-state index in [9.17, 15) is 29.4 Å². The first-order valence-corrected chi connectivity index (χ1v) is 14.3.